The Labute approximate surface area is 108 Å². The molecular weight excluding hydrogens is 222 g/mol. The van der Waals surface area contributed by atoms with Gasteiger partial charge in [0.25, 0.3) is 0 Å². The highest BCUT2D eigenvalue weighted by molar-refractivity contribution is 6.20. The van der Waals surface area contributed by atoms with Crippen molar-refractivity contribution in [2.24, 2.45) is 4.99 Å². The Hall–Kier alpha value is -1.90. The molecule has 0 saturated heterocycles. The molecule has 0 unspecified atom stereocenters. The third-order valence-electron chi connectivity index (χ3n) is 2.94. The Morgan fingerprint density at radius 3 is 2.44 bits per heavy atom. The van der Waals surface area contributed by atoms with Crippen LogP contribution in [0.4, 0.5) is 0 Å². The minimum absolute atomic E-state index is 0.747. The van der Waals surface area contributed by atoms with Gasteiger partial charge in [0.1, 0.15) is 0 Å². The van der Waals surface area contributed by atoms with Crippen LogP contribution in [0.3, 0.4) is 0 Å². The minimum Gasteiger partial charge on any atom is -0.355 e. The van der Waals surface area contributed by atoms with Gasteiger partial charge in [-0.2, -0.15) is 0 Å². The van der Waals surface area contributed by atoms with E-state index in [9.17, 15) is 0 Å². The van der Waals surface area contributed by atoms with E-state index in [-0.39, 0.29) is 0 Å². The van der Waals surface area contributed by atoms with Crippen LogP contribution in [-0.4, -0.2) is 23.5 Å². The molecule has 2 N–H and O–H groups in total. The first-order valence-electron chi connectivity index (χ1n) is 6.09. The molecule has 0 amide bonds. The Balaban J connectivity index is 3.46. The van der Waals surface area contributed by atoms with Crippen molar-refractivity contribution < 1.29 is 0 Å². The molecule has 0 aromatic carbocycles. The monoisotopic (exact) mass is 243 g/mol. The summed E-state index contributed by atoms with van der Waals surface area (Å²) in [6.45, 7) is 12.8. The summed E-state index contributed by atoms with van der Waals surface area (Å²) in [5.41, 5.74) is 4.24. The first kappa shape index (κ1) is 14.2. The van der Waals surface area contributed by atoms with E-state index in [1.165, 1.54) is 17.3 Å². The van der Waals surface area contributed by atoms with Crippen molar-refractivity contribution in [2.75, 3.05) is 6.54 Å². The van der Waals surface area contributed by atoms with Gasteiger partial charge in [-0.3, -0.25) is 4.99 Å². The summed E-state index contributed by atoms with van der Waals surface area (Å²) in [6, 6.07) is 0. The lowest BCUT2D eigenvalue weighted by atomic mass is 10.1. The molecule has 1 rings (SSSR count). The highest BCUT2D eigenvalue weighted by Crippen LogP contribution is 1.98. The highest BCUT2D eigenvalue weighted by Gasteiger charge is 2.01. The third kappa shape index (κ3) is 3.06. The third-order valence-corrected chi connectivity index (χ3v) is 2.94. The average Bonchev–Trinajstić information content (AvgIpc) is 2.57. The molecule has 96 valence electrons. The normalized spacial score (nSPS) is 14.1. The number of aromatic amines is 1. The lowest BCUT2D eigenvalue weighted by Gasteiger charge is -1.98. The molecule has 3 nitrogen and oxygen atoms in total. The summed E-state index contributed by atoms with van der Waals surface area (Å²) in [4.78, 5) is 7.74. The van der Waals surface area contributed by atoms with Crippen LogP contribution in [0.2, 0.25) is 0 Å². The maximum absolute atomic E-state index is 7.14. The van der Waals surface area contributed by atoms with E-state index in [0.29, 0.717) is 0 Å². The molecule has 3 heteroatoms. The smallest absolute Gasteiger partial charge is 0.0618 e. The second-order valence-corrected chi connectivity index (χ2v) is 4.32. The maximum Gasteiger partial charge on any atom is 0.0618 e. The summed E-state index contributed by atoms with van der Waals surface area (Å²) in [6.07, 6.45) is 5.08. The fraction of sp³-hybridized carbons (Fsp3) is 0.333. The first-order chi connectivity index (χ1) is 8.51. The van der Waals surface area contributed by atoms with E-state index >= 15 is 0 Å². The Morgan fingerprint density at radius 2 is 1.94 bits per heavy atom. The summed E-state index contributed by atoms with van der Waals surface area (Å²) < 4.78 is 0. The molecule has 0 aliphatic heterocycles. The molecule has 0 radical (unpaired) electrons. The topological polar surface area (TPSA) is 52.0 Å². The van der Waals surface area contributed by atoms with Gasteiger partial charge >= 0.3 is 0 Å². The number of hydrogen-bond donors (Lipinski definition) is 2. The van der Waals surface area contributed by atoms with Crippen molar-refractivity contribution in [3.05, 3.63) is 34.0 Å². The predicted molar refractivity (Wildman–Crippen MR) is 80.0 cm³/mol. The van der Waals surface area contributed by atoms with E-state index in [1.807, 2.05) is 19.9 Å². The SMILES string of the molecule is C=C(C)C(/C=c1\[nH]/c(=C\C=N)c(C)c1C)=NCC. The average molecular weight is 243 g/mol. The number of rotatable bonds is 4. The van der Waals surface area contributed by atoms with E-state index in [0.717, 1.165) is 28.5 Å². The molecule has 0 aliphatic rings. The van der Waals surface area contributed by atoms with E-state index in [1.54, 1.807) is 6.08 Å². The number of H-pyrrole nitrogens is 1. The van der Waals surface area contributed by atoms with Gasteiger partial charge in [0.05, 0.1) is 5.71 Å². The van der Waals surface area contributed by atoms with Crippen LogP contribution in [0.25, 0.3) is 12.2 Å². The number of nitrogens with one attached hydrogen (secondary N) is 2. The van der Waals surface area contributed by atoms with Crippen molar-refractivity contribution >= 4 is 24.1 Å². The van der Waals surface area contributed by atoms with Gasteiger partial charge in [0, 0.05) is 23.5 Å². The fourth-order valence-electron chi connectivity index (χ4n) is 1.74. The molecule has 0 spiro atoms. The zero-order valence-electron chi connectivity index (χ0n) is 11.6. The van der Waals surface area contributed by atoms with Gasteiger partial charge in [-0.1, -0.05) is 6.58 Å². The zero-order chi connectivity index (χ0) is 13.7. The van der Waals surface area contributed by atoms with Gasteiger partial charge < -0.3 is 10.4 Å². The molecule has 0 fully saturated rings. The summed E-state index contributed by atoms with van der Waals surface area (Å²) >= 11 is 0. The molecule has 0 aliphatic carbocycles. The van der Waals surface area contributed by atoms with Crippen LogP contribution in [0.15, 0.2) is 17.1 Å². The Morgan fingerprint density at radius 1 is 1.33 bits per heavy atom. The number of aromatic nitrogens is 1. The molecule has 0 saturated carbocycles. The quantitative estimate of drug-likeness (QED) is 0.759. The van der Waals surface area contributed by atoms with Crippen LogP contribution >= 0.6 is 0 Å². The molecule has 18 heavy (non-hydrogen) atoms. The van der Waals surface area contributed by atoms with Gasteiger partial charge in [0.15, 0.2) is 0 Å². The van der Waals surface area contributed by atoms with Gasteiger partial charge in [-0.15, -0.1) is 0 Å². The van der Waals surface area contributed by atoms with Crippen molar-refractivity contribution in [1.29, 1.82) is 5.41 Å². The van der Waals surface area contributed by atoms with Crippen molar-refractivity contribution in [2.45, 2.75) is 27.7 Å². The Bertz CT molecular complexity index is 600. The molecule has 1 aromatic rings. The fourth-order valence-corrected chi connectivity index (χ4v) is 1.74. The van der Waals surface area contributed by atoms with Crippen molar-refractivity contribution in [3.8, 4) is 0 Å². The number of hydrogen-bond acceptors (Lipinski definition) is 2. The predicted octanol–water partition coefficient (Wildman–Crippen LogP) is 1.88. The first-order valence-corrected chi connectivity index (χ1v) is 6.09. The standard InChI is InChI=1S/C15H21N3/c1-6-17-14(10(2)3)9-15-12(5)11(4)13(18-15)7-8-16/h7-9,16,18H,2,6H2,1,3-5H3/b13-7-,15-9-,16-8?,17-14?. The van der Waals surface area contributed by atoms with Crippen LogP contribution in [0.1, 0.15) is 25.0 Å². The molecule has 0 bridgehead atoms. The lowest BCUT2D eigenvalue weighted by molar-refractivity contribution is 1.13. The lowest BCUT2D eigenvalue weighted by Crippen LogP contribution is -2.14. The van der Waals surface area contributed by atoms with Gasteiger partial charge in [-0.25, -0.2) is 0 Å². The van der Waals surface area contributed by atoms with Gasteiger partial charge in [0.2, 0.25) is 0 Å². The van der Waals surface area contributed by atoms with Crippen LogP contribution < -0.4 is 10.7 Å². The molecular formula is C15H21N3. The van der Waals surface area contributed by atoms with Crippen molar-refractivity contribution in [3.63, 3.8) is 0 Å². The molecule has 1 aromatic heterocycles. The second kappa shape index (κ2) is 6.15. The summed E-state index contributed by atoms with van der Waals surface area (Å²) in [5.74, 6) is 0. The van der Waals surface area contributed by atoms with Crippen molar-refractivity contribution in [1.82, 2.24) is 4.98 Å². The van der Waals surface area contributed by atoms with E-state index in [2.05, 4.69) is 30.4 Å². The number of aliphatic imine (C=N–C) groups is 1. The van der Waals surface area contributed by atoms with E-state index < -0.39 is 0 Å². The molecule has 1 heterocycles. The van der Waals surface area contributed by atoms with E-state index in [4.69, 9.17) is 5.41 Å². The second-order valence-electron chi connectivity index (χ2n) is 4.32. The largest absolute Gasteiger partial charge is 0.355 e. The number of nitrogens with zero attached hydrogens (tertiary/aromatic N) is 1. The van der Waals surface area contributed by atoms with Crippen LogP contribution in [0, 0.1) is 19.3 Å². The summed E-state index contributed by atoms with van der Waals surface area (Å²) in [5, 5.41) is 9.16. The summed E-state index contributed by atoms with van der Waals surface area (Å²) in [7, 11) is 0. The maximum atomic E-state index is 7.14. The molecule has 0 atom stereocenters. The van der Waals surface area contributed by atoms with Crippen LogP contribution in [0.5, 0.6) is 0 Å². The highest BCUT2D eigenvalue weighted by atomic mass is 14.7. The Kier molecular flexibility index (Phi) is 4.84. The van der Waals surface area contributed by atoms with Crippen LogP contribution in [-0.2, 0) is 0 Å². The number of allylic oxidation sites excluding steroid dienone is 1. The zero-order valence-corrected chi connectivity index (χ0v) is 11.6. The minimum atomic E-state index is 0.747. The van der Waals surface area contributed by atoms with Gasteiger partial charge in [-0.05, 0) is 56.5 Å².